The molecule has 0 spiro atoms. The number of aliphatic hydroxyl groups is 1. The molecule has 2 aliphatic heterocycles. The molecule has 8 rings (SSSR count). The van der Waals surface area contributed by atoms with Gasteiger partial charge in [-0.25, -0.2) is 0 Å². The van der Waals surface area contributed by atoms with E-state index in [1.54, 1.807) is 0 Å². The number of nitrogens with one attached hydrogen (secondary N) is 1. The fraction of sp³-hybridized carbons (Fsp3) is 0.512. The highest BCUT2D eigenvalue weighted by molar-refractivity contribution is 6.31. The molecule has 1 fully saturated rings. The van der Waals surface area contributed by atoms with E-state index < -0.39 is 17.8 Å². The lowest BCUT2D eigenvalue weighted by molar-refractivity contribution is -0.137. The number of amides is 1. The predicted octanol–water partition coefficient (Wildman–Crippen LogP) is 7.83. The van der Waals surface area contributed by atoms with E-state index in [9.17, 15) is 14.7 Å². The Kier molecular flexibility index (Phi) is 8.44. The molecule has 0 unspecified atom stereocenters. The first-order chi connectivity index (χ1) is 24.2. The summed E-state index contributed by atoms with van der Waals surface area (Å²) in [5, 5.41) is 28.6. The maximum absolute atomic E-state index is 13.6. The van der Waals surface area contributed by atoms with Crippen LogP contribution in [0.5, 0.6) is 0 Å². The Bertz CT molecular complexity index is 2130. The van der Waals surface area contributed by atoms with Crippen molar-refractivity contribution in [3.05, 3.63) is 59.7 Å². The normalized spacial score (nSPS) is 24.2. The number of rotatable bonds is 14. The number of fused-ring (bicyclic) bond motifs is 11. The molecule has 9 nitrogen and oxygen atoms in total. The summed E-state index contributed by atoms with van der Waals surface area (Å²) in [4.78, 5) is 26.8. The van der Waals surface area contributed by atoms with Crippen molar-refractivity contribution in [1.82, 2.24) is 19.4 Å². The SMILES string of the molecule is CO[C@]12C[C@]1(C)n1c3ccccc3c3c4c(c5c6ccccc6n(c5c31)[C@H](O)C[C@H]2N(C)CCCCCCCCCCCC(=O)O)C(=O)NC4. The Labute approximate surface area is 293 Å². The molecular formula is C41H50N4O5. The maximum atomic E-state index is 13.6. The third-order valence-electron chi connectivity index (χ3n) is 12.5. The van der Waals surface area contributed by atoms with Gasteiger partial charge in [0.15, 0.2) is 0 Å². The van der Waals surface area contributed by atoms with Gasteiger partial charge in [-0.3, -0.25) is 9.59 Å². The van der Waals surface area contributed by atoms with Gasteiger partial charge in [-0.05, 0) is 51.1 Å². The van der Waals surface area contributed by atoms with Gasteiger partial charge in [-0.2, -0.15) is 0 Å². The van der Waals surface area contributed by atoms with Crippen molar-refractivity contribution in [3.8, 4) is 0 Å². The number of aliphatic hydroxyl groups excluding tert-OH is 1. The molecule has 5 aromatic rings. The van der Waals surface area contributed by atoms with Gasteiger partial charge in [0.05, 0.1) is 27.7 Å². The number of benzene rings is 3. The Hall–Kier alpha value is -3.92. The lowest BCUT2D eigenvalue weighted by Crippen LogP contribution is -2.50. The van der Waals surface area contributed by atoms with Gasteiger partial charge in [0, 0.05) is 66.0 Å². The molecule has 1 amide bonds. The number of hydrogen-bond acceptors (Lipinski definition) is 5. The minimum absolute atomic E-state index is 0.0461. The van der Waals surface area contributed by atoms with Gasteiger partial charge in [0.25, 0.3) is 5.91 Å². The Balaban J connectivity index is 1.15. The van der Waals surface area contributed by atoms with Crippen LogP contribution in [0.3, 0.4) is 0 Å². The van der Waals surface area contributed by atoms with E-state index in [1.807, 2.05) is 19.2 Å². The smallest absolute Gasteiger partial charge is 0.303 e. The second-order valence-corrected chi connectivity index (χ2v) is 15.3. The zero-order valence-electron chi connectivity index (χ0n) is 29.6. The van der Waals surface area contributed by atoms with Crippen LogP contribution in [0.1, 0.15) is 106 Å². The van der Waals surface area contributed by atoms with Crippen LogP contribution in [0.2, 0.25) is 0 Å². The number of likely N-dealkylation sites (N-methyl/N-ethyl adjacent to an activating group) is 1. The minimum atomic E-state index is -0.826. The summed E-state index contributed by atoms with van der Waals surface area (Å²) in [7, 11) is 4.04. The average molecular weight is 679 g/mol. The fourth-order valence-electron chi connectivity index (χ4n) is 10.0. The molecule has 1 aliphatic carbocycles. The Morgan fingerprint density at radius 3 is 2.22 bits per heavy atom. The molecule has 9 heteroatoms. The summed E-state index contributed by atoms with van der Waals surface area (Å²) < 4.78 is 11.3. The largest absolute Gasteiger partial charge is 0.481 e. The molecule has 4 heterocycles. The highest BCUT2D eigenvalue weighted by Gasteiger charge is 2.72. The second-order valence-electron chi connectivity index (χ2n) is 15.3. The molecule has 3 aromatic carbocycles. The lowest BCUT2D eigenvalue weighted by Gasteiger charge is -2.38. The summed E-state index contributed by atoms with van der Waals surface area (Å²) in [6.07, 6.45) is 10.7. The number of ether oxygens (including phenoxy) is 1. The second kappa shape index (κ2) is 12.7. The number of carboxylic acid groups (broad SMARTS) is 1. The van der Waals surface area contributed by atoms with E-state index in [0.29, 0.717) is 13.0 Å². The van der Waals surface area contributed by atoms with Crippen LogP contribution in [0, 0.1) is 0 Å². The Morgan fingerprint density at radius 1 is 0.920 bits per heavy atom. The van der Waals surface area contributed by atoms with Gasteiger partial charge < -0.3 is 34.3 Å². The summed E-state index contributed by atoms with van der Waals surface area (Å²) in [6.45, 7) is 3.73. The number of carbonyl (C=O) groups is 2. The van der Waals surface area contributed by atoms with Crippen molar-refractivity contribution < 1.29 is 24.5 Å². The quantitative estimate of drug-likeness (QED) is 0.103. The van der Waals surface area contributed by atoms with Crippen molar-refractivity contribution in [1.29, 1.82) is 0 Å². The monoisotopic (exact) mass is 678 g/mol. The van der Waals surface area contributed by atoms with Gasteiger partial charge in [-0.15, -0.1) is 0 Å². The van der Waals surface area contributed by atoms with Crippen LogP contribution >= 0.6 is 0 Å². The van der Waals surface area contributed by atoms with Gasteiger partial charge in [0.1, 0.15) is 11.8 Å². The summed E-state index contributed by atoms with van der Waals surface area (Å²) >= 11 is 0. The third kappa shape index (κ3) is 4.91. The first-order valence-electron chi connectivity index (χ1n) is 18.7. The molecular weight excluding hydrogens is 628 g/mol. The first kappa shape index (κ1) is 33.2. The zero-order chi connectivity index (χ0) is 34.8. The van der Waals surface area contributed by atoms with Gasteiger partial charge >= 0.3 is 5.97 Å². The third-order valence-corrected chi connectivity index (χ3v) is 12.5. The number of methoxy groups -OCH3 is 1. The number of nitrogens with zero attached hydrogens (tertiary/aromatic N) is 3. The van der Waals surface area contributed by atoms with E-state index in [0.717, 1.165) is 99.8 Å². The summed E-state index contributed by atoms with van der Waals surface area (Å²) in [5.74, 6) is -0.745. The van der Waals surface area contributed by atoms with E-state index in [4.69, 9.17) is 9.84 Å². The van der Waals surface area contributed by atoms with Gasteiger partial charge in [0.2, 0.25) is 0 Å². The molecule has 0 radical (unpaired) electrons. The first-order valence-corrected chi connectivity index (χ1v) is 18.7. The molecule has 264 valence electrons. The fourth-order valence-corrected chi connectivity index (χ4v) is 10.0. The van der Waals surface area contributed by atoms with E-state index >= 15 is 0 Å². The molecule has 0 bridgehead atoms. The predicted molar refractivity (Wildman–Crippen MR) is 198 cm³/mol. The van der Waals surface area contributed by atoms with Crippen molar-refractivity contribution in [2.45, 2.75) is 114 Å². The number of unbranched alkanes of at least 4 members (excludes halogenated alkanes) is 8. The van der Waals surface area contributed by atoms with Crippen molar-refractivity contribution in [3.63, 3.8) is 0 Å². The van der Waals surface area contributed by atoms with Crippen LogP contribution in [0.15, 0.2) is 48.5 Å². The average Bonchev–Trinajstić information content (AvgIpc) is 3.39. The van der Waals surface area contributed by atoms with Crippen LogP contribution in [0.25, 0.3) is 43.6 Å². The van der Waals surface area contributed by atoms with Crippen molar-refractivity contribution in [2.24, 2.45) is 0 Å². The summed E-state index contributed by atoms with van der Waals surface area (Å²) in [5.41, 5.74) is 4.98. The summed E-state index contributed by atoms with van der Waals surface area (Å²) in [6, 6.07) is 16.8. The van der Waals surface area contributed by atoms with Crippen molar-refractivity contribution >= 4 is 55.5 Å². The van der Waals surface area contributed by atoms with Crippen molar-refractivity contribution in [2.75, 3.05) is 20.7 Å². The van der Waals surface area contributed by atoms with Crippen LogP contribution in [0.4, 0.5) is 0 Å². The molecule has 0 saturated heterocycles. The minimum Gasteiger partial charge on any atom is -0.481 e. The van der Waals surface area contributed by atoms with Crippen LogP contribution in [-0.4, -0.2) is 68.5 Å². The Morgan fingerprint density at radius 2 is 1.54 bits per heavy atom. The number of carbonyl (C=O) groups excluding carboxylic acids is 1. The molecule has 50 heavy (non-hydrogen) atoms. The van der Waals surface area contributed by atoms with E-state index in [1.165, 1.54) is 25.7 Å². The van der Waals surface area contributed by atoms with E-state index in [-0.39, 0.29) is 23.9 Å². The molecule has 4 atom stereocenters. The standard InChI is InChI=1S/C41H50N4O5/c1-40-25-41(40,50-3)31(43(2)22-16-10-8-6-4-5-7-9-11-21-33(47)48)23-32(46)44-29-19-14-12-17-26(29)35-36-28(24-42-39(36)49)34-27-18-13-15-20-30(27)45(40)38(34)37(35)44/h12-15,17-20,31-32,46H,4-11,16,21-25H2,1-3H3,(H,42,49)(H,47,48)/t31-,32-,40+,41+/m1/s1. The van der Waals surface area contributed by atoms with E-state index in [2.05, 4.69) is 69.7 Å². The lowest BCUT2D eigenvalue weighted by atomic mass is 9.96. The highest BCUT2D eigenvalue weighted by Crippen LogP contribution is 2.64. The topological polar surface area (TPSA) is 109 Å². The molecule has 1 saturated carbocycles. The highest BCUT2D eigenvalue weighted by atomic mass is 16.5. The number of aromatic nitrogens is 2. The molecule has 3 N–H and O–H groups in total. The number of para-hydroxylation sites is 2. The molecule has 3 aliphatic rings. The van der Waals surface area contributed by atoms with Crippen LogP contribution < -0.4 is 5.32 Å². The number of hydrogen-bond donors (Lipinski definition) is 3. The maximum Gasteiger partial charge on any atom is 0.303 e. The number of carboxylic acids is 1. The zero-order valence-corrected chi connectivity index (χ0v) is 29.6. The number of aliphatic carboxylic acids is 1. The van der Waals surface area contributed by atoms with Gasteiger partial charge in [-0.1, -0.05) is 81.3 Å². The van der Waals surface area contributed by atoms with Crippen LogP contribution in [-0.2, 0) is 21.6 Å². The molecule has 2 aromatic heterocycles.